The molecule has 0 saturated heterocycles. The zero-order valence-corrected chi connectivity index (χ0v) is 23.6. The Bertz CT molecular complexity index is 1380. The van der Waals surface area contributed by atoms with Gasteiger partial charge in [0, 0.05) is 39.2 Å². The van der Waals surface area contributed by atoms with Gasteiger partial charge in [-0.2, -0.15) is 0 Å². The molecule has 0 bridgehead atoms. The van der Waals surface area contributed by atoms with E-state index in [0.717, 1.165) is 4.31 Å². The van der Waals surface area contributed by atoms with Crippen LogP contribution in [0, 0.1) is 0 Å². The lowest BCUT2D eigenvalue weighted by molar-refractivity contribution is -0.139. The Balaban J connectivity index is 2.07. The lowest BCUT2D eigenvalue weighted by Crippen LogP contribution is -2.50. The van der Waals surface area contributed by atoms with Crippen molar-refractivity contribution >= 4 is 73.9 Å². The highest BCUT2D eigenvalue weighted by Crippen LogP contribution is 2.29. The van der Waals surface area contributed by atoms with E-state index in [1.54, 1.807) is 30.3 Å². The molecule has 1 N–H and O–H groups in total. The molecule has 7 nitrogen and oxygen atoms in total. The Kier molecular flexibility index (Phi) is 9.72. The predicted octanol–water partition coefficient (Wildman–Crippen LogP) is 5.66. The maximum Gasteiger partial charge on any atom is 0.264 e. The second kappa shape index (κ2) is 12.4. The maximum atomic E-state index is 13.7. The van der Waals surface area contributed by atoms with Gasteiger partial charge in [0.25, 0.3) is 10.0 Å². The molecular weight excluding hydrogens is 580 g/mol. The third-order valence-corrected chi connectivity index (χ3v) is 8.56. The molecule has 3 aromatic rings. The van der Waals surface area contributed by atoms with E-state index in [9.17, 15) is 18.0 Å². The van der Waals surface area contributed by atoms with Crippen LogP contribution in [-0.2, 0) is 26.2 Å². The fourth-order valence-corrected chi connectivity index (χ4v) is 5.77. The molecule has 0 aliphatic heterocycles. The first-order chi connectivity index (χ1) is 17.4. The van der Waals surface area contributed by atoms with Crippen LogP contribution in [0.2, 0.25) is 20.1 Å². The maximum absolute atomic E-state index is 13.7. The van der Waals surface area contributed by atoms with Gasteiger partial charge in [-0.15, -0.1) is 0 Å². The number of anilines is 1. The van der Waals surface area contributed by atoms with Crippen LogP contribution in [0.3, 0.4) is 0 Å². The number of rotatable bonds is 9. The van der Waals surface area contributed by atoms with Gasteiger partial charge in [-0.1, -0.05) is 58.5 Å². The Hall–Kier alpha value is -2.49. The topological polar surface area (TPSA) is 86.8 Å². The van der Waals surface area contributed by atoms with E-state index in [-0.39, 0.29) is 22.2 Å². The first kappa shape index (κ1) is 29.1. The van der Waals surface area contributed by atoms with Gasteiger partial charge in [0.1, 0.15) is 12.6 Å². The summed E-state index contributed by atoms with van der Waals surface area (Å²) in [5.41, 5.74) is 0.587. The van der Waals surface area contributed by atoms with Crippen molar-refractivity contribution in [3.63, 3.8) is 0 Å². The van der Waals surface area contributed by atoms with Crippen LogP contribution in [-0.4, -0.2) is 44.8 Å². The number of benzene rings is 3. The van der Waals surface area contributed by atoms with Gasteiger partial charge in [0.2, 0.25) is 11.8 Å². The number of hydrogen-bond donors (Lipinski definition) is 1. The van der Waals surface area contributed by atoms with Gasteiger partial charge in [-0.25, -0.2) is 8.42 Å². The molecule has 0 heterocycles. The summed E-state index contributed by atoms with van der Waals surface area (Å²) in [6.45, 7) is 0.768. The van der Waals surface area contributed by atoms with E-state index in [4.69, 9.17) is 46.4 Å². The fourth-order valence-electron chi connectivity index (χ4n) is 3.54. The molecule has 0 aromatic heterocycles. The quantitative estimate of drug-likeness (QED) is 0.342. The molecule has 37 heavy (non-hydrogen) atoms. The molecule has 3 aromatic carbocycles. The highest BCUT2D eigenvalue weighted by Gasteiger charge is 2.33. The molecule has 2 amide bonds. The number of carbonyl (C=O) groups is 2. The molecule has 0 radical (unpaired) electrons. The number of nitrogens with one attached hydrogen (secondary N) is 1. The highest BCUT2D eigenvalue weighted by atomic mass is 35.5. The van der Waals surface area contributed by atoms with E-state index in [1.165, 1.54) is 55.3 Å². The second-order valence-corrected chi connectivity index (χ2v) is 11.5. The van der Waals surface area contributed by atoms with Crippen LogP contribution in [0.15, 0.2) is 71.6 Å². The number of likely N-dealkylation sites (N-methyl/N-ethyl adjacent to an activating group) is 1. The second-order valence-electron chi connectivity index (χ2n) is 7.96. The minimum Gasteiger partial charge on any atom is -0.357 e. The van der Waals surface area contributed by atoms with Crippen molar-refractivity contribution in [2.24, 2.45) is 0 Å². The van der Waals surface area contributed by atoms with Gasteiger partial charge in [0.05, 0.1) is 10.6 Å². The summed E-state index contributed by atoms with van der Waals surface area (Å²) >= 11 is 24.7. The molecule has 0 spiro atoms. The van der Waals surface area contributed by atoms with Gasteiger partial charge in [0.15, 0.2) is 0 Å². The third kappa shape index (κ3) is 6.89. The summed E-state index contributed by atoms with van der Waals surface area (Å²) in [5.74, 6) is -1.11. The van der Waals surface area contributed by atoms with Crippen LogP contribution in [0.4, 0.5) is 5.69 Å². The fraction of sp³-hybridized carbons (Fsp3) is 0.200. The first-order valence-electron chi connectivity index (χ1n) is 10.9. The lowest BCUT2D eigenvalue weighted by atomic mass is 10.1. The Morgan fingerprint density at radius 2 is 1.49 bits per heavy atom. The third-order valence-electron chi connectivity index (χ3n) is 5.58. The molecule has 1 atom stereocenters. The summed E-state index contributed by atoms with van der Waals surface area (Å²) in [4.78, 5) is 27.4. The summed E-state index contributed by atoms with van der Waals surface area (Å²) in [7, 11) is -2.80. The molecule has 196 valence electrons. The van der Waals surface area contributed by atoms with Crippen molar-refractivity contribution in [2.75, 3.05) is 17.9 Å². The van der Waals surface area contributed by atoms with Crippen LogP contribution in [0.1, 0.15) is 12.5 Å². The number of nitrogens with zero attached hydrogens (tertiary/aromatic N) is 2. The molecule has 0 aliphatic carbocycles. The zero-order chi connectivity index (χ0) is 27.3. The number of carbonyl (C=O) groups excluding carboxylic acids is 2. The summed E-state index contributed by atoms with van der Waals surface area (Å²) in [6.07, 6.45) is 0. The Morgan fingerprint density at radius 3 is 2.05 bits per heavy atom. The number of halogens is 4. The minimum atomic E-state index is -4.24. The Morgan fingerprint density at radius 1 is 0.892 bits per heavy atom. The van der Waals surface area contributed by atoms with Crippen molar-refractivity contribution in [3.8, 4) is 0 Å². The van der Waals surface area contributed by atoms with Crippen LogP contribution in [0.5, 0.6) is 0 Å². The summed E-state index contributed by atoms with van der Waals surface area (Å²) in [6, 6.07) is 15.6. The van der Waals surface area contributed by atoms with E-state index < -0.39 is 34.4 Å². The lowest BCUT2D eigenvalue weighted by Gasteiger charge is -2.32. The SMILES string of the molecule is CNC(=O)C(C)N(Cc1c(Cl)cccc1Cl)C(=O)CN(c1cccc(Cl)c1)S(=O)(=O)c1ccc(Cl)cc1. The number of sulfonamides is 1. The van der Waals surface area contributed by atoms with Gasteiger partial charge < -0.3 is 10.2 Å². The van der Waals surface area contributed by atoms with E-state index in [0.29, 0.717) is 20.6 Å². The van der Waals surface area contributed by atoms with E-state index in [1.807, 2.05) is 0 Å². The number of amides is 2. The minimum absolute atomic E-state index is 0.0790. The van der Waals surface area contributed by atoms with Crippen LogP contribution >= 0.6 is 46.4 Å². The molecular formula is C25H23Cl4N3O4S. The van der Waals surface area contributed by atoms with Crippen molar-refractivity contribution in [1.29, 1.82) is 0 Å². The van der Waals surface area contributed by atoms with E-state index >= 15 is 0 Å². The largest absolute Gasteiger partial charge is 0.357 e. The highest BCUT2D eigenvalue weighted by molar-refractivity contribution is 7.92. The summed E-state index contributed by atoms with van der Waals surface area (Å²) < 4.78 is 28.3. The first-order valence-corrected chi connectivity index (χ1v) is 13.9. The van der Waals surface area contributed by atoms with Crippen molar-refractivity contribution in [2.45, 2.75) is 24.4 Å². The Labute approximate surface area is 235 Å². The van der Waals surface area contributed by atoms with Gasteiger partial charge in [-0.05, 0) is 61.5 Å². The van der Waals surface area contributed by atoms with Crippen LogP contribution in [0.25, 0.3) is 0 Å². The van der Waals surface area contributed by atoms with Gasteiger partial charge in [-0.3, -0.25) is 13.9 Å². The zero-order valence-electron chi connectivity index (χ0n) is 19.8. The molecule has 0 aliphatic rings. The average Bonchev–Trinajstić information content (AvgIpc) is 2.86. The van der Waals surface area contributed by atoms with Crippen molar-refractivity contribution in [3.05, 3.63) is 92.4 Å². The van der Waals surface area contributed by atoms with Crippen molar-refractivity contribution < 1.29 is 18.0 Å². The van der Waals surface area contributed by atoms with Gasteiger partial charge >= 0.3 is 0 Å². The van der Waals surface area contributed by atoms with E-state index in [2.05, 4.69) is 5.32 Å². The molecule has 12 heteroatoms. The average molecular weight is 603 g/mol. The molecule has 0 saturated carbocycles. The van der Waals surface area contributed by atoms with Crippen molar-refractivity contribution in [1.82, 2.24) is 10.2 Å². The number of hydrogen-bond acceptors (Lipinski definition) is 4. The predicted molar refractivity (Wildman–Crippen MR) is 148 cm³/mol. The molecule has 0 fully saturated rings. The molecule has 3 rings (SSSR count). The smallest absolute Gasteiger partial charge is 0.264 e. The van der Waals surface area contributed by atoms with Crippen LogP contribution < -0.4 is 9.62 Å². The summed E-state index contributed by atoms with van der Waals surface area (Å²) in [5, 5.41) is 3.74. The molecule has 1 unspecified atom stereocenters. The monoisotopic (exact) mass is 601 g/mol. The standard InChI is InChI=1S/C25H23Cl4N3O4S/c1-16(25(34)30-2)31(14-21-22(28)7-4-8-23(21)29)24(33)15-32(19-6-3-5-18(27)13-19)37(35,36)20-11-9-17(26)10-12-20/h3-13,16H,14-15H2,1-2H3,(H,30,34). The normalized spacial score (nSPS) is 12.1.